The summed E-state index contributed by atoms with van der Waals surface area (Å²) in [5.41, 5.74) is 6.68. The van der Waals surface area contributed by atoms with Gasteiger partial charge in [0.15, 0.2) is 0 Å². The minimum atomic E-state index is -3.99. The number of nitrogens with zero attached hydrogens (tertiary/aromatic N) is 2. The van der Waals surface area contributed by atoms with Gasteiger partial charge in [-0.3, -0.25) is 24.0 Å². The molecule has 2 saturated carbocycles. The SMILES string of the molecule is CC1(S(=O)(=O)NC(=O)[C@@]23C[C@H]2/C=C\CCCCC[C@H](Nc2ccc(N)cc2)C(=O)N2C[C@H](OC(=O)N4Cc5cccc(F)c5C4)C[C@H]2C(=O)N3)CC1. The highest BCUT2D eigenvalue weighted by atomic mass is 32.2. The second-order valence-corrected chi connectivity index (χ2v) is 17.2. The van der Waals surface area contributed by atoms with Gasteiger partial charge in [-0.2, -0.15) is 0 Å². The standard InChI is InChI=1S/C37H45FN6O7S/c1-36(16-17-36)52(49,50)42-34(47)37-19-24(37)9-5-3-2-4-6-11-30(40-26-14-12-25(39)13-15-26)33(46)44-21-27(18-31(44)32(45)41-37)51-35(48)43-20-23-8-7-10-29(38)28(23)22-43/h5,7-10,12-15,24,27,30-31,40H,2-4,6,11,16-22,39H2,1H3,(H,41,45)(H,42,47)/b9-5-/t24-,27-,30+,31+,37-/m1/s1. The molecule has 3 heterocycles. The van der Waals surface area contributed by atoms with Gasteiger partial charge in [0.05, 0.1) is 17.8 Å². The topological polar surface area (TPSA) is 180 Å². The van der Waals surface area contributed by atoms with E-state index in [0.717, 1.165) is 19.3 Å². The number of carbonyl (C=O) groups is 4. The summed E-state index contributed by atoms with van der Waals surface area (Å²) in [6, 6.07) is 9.77. The Morgan fingerprint density at radius 2 is 1.83 bits per heavy atom. The highest BCUT2D eigenvalue weighted by Gasteiger charge is 2.63. The van der Waals surface area contributed by atoms with Crippen molar-refractivity contribution in [2.45, 2.75) is 106 Å². The van der Waals surface area contributed by atoms with Crippen molar-refractivity contribution >= 4 is 45.2 Å². The summed E-state index contributed by atoms with van der Waals surface area (Å²) in [6.45, 7) is 1.68. The number of allylic oxidation sites excluding steroid dienone is 1. The number of benzene rings is 2. The molecule has 2 aromatic rings. The van der Waals surface area contributed by atoms with Gasteiger partial charge in [-0.15, -0.1) is 0 Å². The number of rotatable bonds is 6. The first-order valence-corrected chi connectivity index (χ1v) is 19.5. The highest BCUT2D eigenvalue weighted by Crippen LogP contribution is 2.47. The molecule has 3 aliphatic heterocycles. The molecule has 3 fully saturated rings. The molecule has 13 nitrogen and oxygen atoms in total. The maximum absolute atomic E-state index is 14.5. The van der Waals surface area contributed by atoms with Crippen LogP contribution in [-0.4, -0.2) is 77.1 Å². The number of ether oxygens (including phenoxy) is 1. The molecule has 5 N–H and O–H groups in total. The molecule has 2 aromatic carbocycles. The first kappa shape index (κ1) is 35.7. The van der Waals surface area contributed by atoms with Crippen LogP contribution in [0.5, 0.6) is 0 Å². The van der Waals surface area contributed by atoms with Gasteiger partial charge in [0.1, 0.15) is 29.5 Å². The van der Waals surface area contributed by atoms with Gasteiger partial charge in [-0.1, -0.05) is 37.1 Å². The van der Waals surface area contributed by atoms with E-state index in [1.54, 1.807) is 43.3 Å². The average molecular weight is 737 g/mol. The quantitative estimate of drug-likeness (QED) is 0.254. The van der Waals surface area contributed by atoms with E-state index in [0.29, 0.717) is 48.2 Å². The predicted octanol–water partition coefficient (Wildman–Crippen LogP) is 3.70. The third-order valence-electron chi connectivity index (χ3n) is 11.2. The van der Waals surface area contributed by atoms with E-state index in [2.05, 4.69) is 15.4 Å². The van der Waals surface area contributed by atoms with Crippen LogP contribution in [0.2, 0.25) is 0 Å². The summed E-state index contributed by atoms with van der Waals surface area (Å²) in [7, 11) is -3.99. The maximum Gasteiger partial charge on any atom is 0.410 e. The Morgan fingerprint density at radius 1 is 1.06 bits per heavy atom. The second-order valence-electron chi connectivity index (χ2n) is 15.0. The van der Waals surface area contributed by atoms with Gasteiger partial charge in [-0.25, -0.2) is 17.6 Å². The first-order valence-electron chi connectivity index (χ1n) is 18.0. The lowest BCUT2D eigenvalue weighted by Gasteiger charge is -2.30. The number of amides is 4. The largest absolute Gasteiger partial charge is 0.444 e. The van der Waals surface area contributed by atoms with Crippen molar-refractivity contribution in [3.05, 3.63) is 71.6 Å². The van der Waals surface area contributed by atoms with Gasteiger partial charge >= 0.3 is 6.09 Å². The molecule has 2 aliphatic carbocycles. The van der Waals surface area contributed by atoms with Gasteiger partial charge < -0.3 is 26.0 Å². The third kappa shape index (κ3) is 7.06. The predicted molar refractivity (Wildman–Crippen MR) is 190 cm³/mol. The molecule has 1 saturated heterocycles. The molecule has 0 bridgehead atoms. The maximum atomic E-state index is 14.5. The molecule has 0 aromatic heterocycles. The number of carbonyl (C=O) groups excluding carboxylic acids is 4. The van der Waals surface area contributed by atoms with E-state index in [-0.39, 0.29) is 38.4 Å². The molecule has 7 rings (SSSR count). The molecule has 0 spiro atoms. The molecule has 5 aliphatic rings. The molecule has 4 amide bonds. The summed E-state index contributed by atoms with van der Waals surface area (Å²) in [4.78, 5) is 58.7. The smallest absolute Gasteiger partial charge is 0.410 e. The van der Waals surface area contributed by atoms with E-state index in [1.807, 2.05) is 12.2 Å². The van der Waals surface area contributed by atoms with Crippen molar-refractivity contribution in [2.75, 3.05) is 17.6 Å². The van der Waals surface area contributed by atoms with E-state index >= 15 is 0 Å². The van der Waals surface area contributed by atoms with E-state index in [9.17, 15) is 32.0 Å². The van der Waals surface area contributed by atoms with Gasteiger partial charge in [-0.05, 0) is 81.3 Å². The van der Waals surface area contributed by atoms with Crippen molar-refractivity contribution in [3.63, 3.8) is 0 Å². The normalized spacial score (nSPS) is 29.0. The van der Waals surface area contributed by atoms with Gasteiger partial charge in [0, 0.05) is 35.8 Å². The fourth-order valence-electron chi connectivity index (χ4n) is 7.45. The van der Waals surface area contributed by atoms with Crippen LogP contribution in [0.15, 0.2) is 54.6 Å². The number of halogens is 1. The van der Waals surface area contributed by atoms with Crippen molar-refractivity contribution in [1.82, 2.24) is 19.8 Å². The van der Waals surface area contributed by atoms with Crippen LogP contribution < -0.4 is 21.1 Å². The van der Waals surface area contributed by atoms with E-state index in [1.165, 1.54) is 15.9 Å². The Kier molecular flexibility index (Phi) is 9.42. The summed E-state index contributed by atoms with van der Waals surface area (Å²) in [6.07, 6.45) is 6.79. The third-order valence-corrected chi connectivity index (χ3v) is 13.3. The van der Waals surface area contributed by atoms with Crippen LogP contribution in [0.3, 0.4) is 0 Å². The van der Waals surface area contributed by atoms with Crippen LogP contribution in [0, 0.1) is 11.7 Å². The molecule has 15 heteroatoms. The number of nitrogens with one attached hydrogen (secondary N) is 3. The summed E-state index contributed by atoms with van der Waals surface area (Å²) in [5, 5.41) is 6.16. The number of nitrogens with two attached hydrogens (primary N) is 1. The Morgan fingerprint density at radius 3 is 2.56 bits per heavy atom. The van der Waals surface area contributed by atoms with Crippen LogP contribution in [0.25, 0.3) is 0 Å². The Hall–Kier alpha value is -4.66. The van der Waals surface area contributed by atoms with Crippen LogP contribution >= 0.6 is 0 Å². The van der Waals surface area contributed by atoms with E-state index in [4.69, 9.17) is 10.5 Å². The first-order chi connectivity index (χ1) is 24.8. The molecular formula is C37H45FN6O7S. The molecule has 52 heavy (non-hydrogen) atoms. The molecular weight excluding hydrogens is 692 g/mol. The lowest BCUT2D eigenvalue weighted by atomic mass is 10.0. The fraction of sp³-hybridized carbons (Fsp3) is 0.514. The number of nitrogen functional groups attached to an aromatic ring is 1. The minimum Gasteiger partial charge on any atom is -0.444 e. The average Bonchev–Trinajstić information content (AvgIpc) is 3.90. The number of sulfonamides is 1. The van der Waals surface area contributed by atoms with Crippen LogP contribution in [-0.2, 0) is 42.2 Å². The molecule has 0 unspecified atom stereocenters. The highest BCUT2D eigenvalue weighted by molar-refractivity contribution is 7.91. The molecule has 278 valence electrons. The lowest BCUT2D eigenvalue weighted by molar-refractivity contribution is -0.140. The zero-order valence-electron chi connectivity index (χ0n) is 29.1. The summed E-state index contributed by atoms with van der Waals surface area (Å²) >= 11 is 0. The Balaban J connectivity index is 1.15. The van der Waals surface area contributed by atoms with Crippen molar-refractivity contribution in [2.24, 2.45) is 5.92 Å². The lowest BCUT2D eigenvalue weighted by Crippen LogP contribution is -2.58. The molecule has 5 atom stereocenters. The van der Waals surface area contributed by atoms with Crippen molar-refractivity contribution in [3.8, 4) is 0 Å². The van der Waals surface area contributed by atoms with Crippen LogP contribution in [0.4, 0.5) is 20.6 Å². The minimum absolute atomic E-state index is 0.0300. The zero-order valence-corrected chi connectivity index (χ0v) is 29.9. The monoisotopic (exact) mass is 736 g/mol. The summed E-state index contributed by atoms with van der Waals surface area (Å²) in [5.74, 6) is -2.69. The number of hydrogen-bond acceptors (Lipinski definition) is 9. The summed E-state index contributed by atoms with van der Waals surface area (Å²) < 4.78 is 47.7. The second kappa shape index (κ2) is 13.7. The number of fused-ring (bicyclic) bond motifs is 3. The number of anilines is 2. The molecule has 0 radical (unpaired) electrons. The van der Waals surface area contributed by atoms with Gasteiger partial charge in [0.25, 0.3) is 5.91 Å². The zero-order chi connectivity index (χ0) is 36.8. The Bertz CT molecular complexity index is 1900. The van der Waals surface area contributed by atoms with Crippen molar-refractivity contribution < 1.29 is 36.7 Å². The van der Waals surface area contributed by atoms with Gasteiger partial charge in [0.2, 0.25) is 21.8 Å². The number of hydrogen-bond donors (Lipinski definition) is 4. The Labute approximate surface area is 302 Å². The van der Waals surface area contributed by atoms with Crippen LogP contribution in [0.1, 0.15) is 75.8 Å². The van der Waals surface area contributed by atoms with E-state index < -0.39 is 68.1 Å². The van der Waals surface area contributed by atoms with Crippen molar-refractivity contribution in [1.29, 1.82) is 0 Å². The fourth-order valence-corrected chi connectivity index (χ4v) is 8.77.